The van der Waals surface area contributed by atoms with Gasteiger partial charge in [0.2, 0.25) is 0 Å². The minimum atomic E-state index is 0.612. The number of allylic oxidation sites excluding steroid dienone is 1. The van der Waals surface area contributed by atoms with Crippen LogP contribution in [0.25, 0.3) is 11.0 Å². The van der Waals surface area contributed by atoms with Crippen LogP contribution in [0.2, 0.25) is 0 Å². The van der Waals surface area contributed by atoms with E-state index in [4.69, 9.17) is 17.5 Å². The third-order valence-electron chi connectivity index (χ3n) is 2.24. The van der Waals surface area contributed by atoms with Crippen molar-refractivity contribution in [3.8, 4) is 6.07 Å². The number of H-pyrrole nitrogens is 1. The third kappa shape index (κ3) is 1.47. The van der Waals surface area contributed by atoms with Crippen LogP contribution in [0, 0.1) is 16.1 Å². The van der Waals surface area contributed by atoms with Crippen molar-refractivity contribution in [3.05, 3.63) is 41.2 Å². The molecule has 0 atom stereocenters. The second kappa shape index (κ2) is 3.71. The molecule has 2 rings (SSSR count). The largest absolute Gasteiger partial charge is 0.329 e. The normalized spacial score (nSPS) is 10.1. The van der Waals surface area contributed by atoms with E-state index in [1.165, 1.54) is 0 Å². The number of hydrogen-bond acceptors (Lipinski definition) is 2. The summed E-state index contributed by atoms with van der Waals surface area (Å²) >= 11 is 5.18. The van der Waals surface area contributed by atoms with Crippen LogP contribution >= 0.6 is 12.2 Å². The zero-order valence-corrected chi connectivity index (χ0v) is 8.84. The summed E-state index contributed by atoms with van der Waals surface area (Å²) in [5.41, 5.74) is 2.35. The number of rotatable bonds is 2. The van der Waals surface area contributed by atoms with E-state index in [1.807, 2.05) is 16.7 Å². The highest BCUT2D eigenvalue weighted by molar-refractivity contribution is 7.71. The molecule has 1 N–H and O–H groups in total. The summed E-state index contributed by atoms with van der Waals surface area (Å²) in [5, 5.41) is 8.93. The van der Waals surface area contributed by atoms with Crippen LogP contribution in [0.5, 0.6) is 0 Å². The van der Waals surface area contributed by atoms with Gasteiger partial charge in [-0.1, -0.05) is 12.1 Å². The van der Waals surface area contributed by atoms with Crippen molar-refractivity contribution >= 4 is 23.3 Å². The maximum Gasteiger partial charge on any atom is 0.178 e. The average molecular weight is 215 g/mol. The van der Waals surface area contributed by atoms with Crippen molar-refractivity contribution in [2.45, 2.75) is 6.54 Å². The fraction of sp³-hybridized carbons (Fsp3) is 0.0909. The highest BCUT2D eigenvalue weighted by Crippen LogP contribution is 2.17. The van der Waals surface area contributed by atoms with Crippen LogP contribution in [-0.2, 0) is 6.54 Å². The predicted octanol–water partition coefficient (Wildman–Crippen LogP) is 2.76. The fourth-order valence-electron chi connectivity index (χ4n) is 1.58. The van der Waals surface area contributed by atoms with Crippen LogP contribution in [0.4, 0.5) is 0 Å². The Labute approximate surface area is 92.3 Å². The van der Waals surface area contributed by atoms with E-state index in [-0.39, 0.29) is 0 Å². The highest BCUT2D eigenvalue weighted by Gasteiger charge is 2.06. The molecule has 1 aromatic carbocycles. The number of aromatic nitrogens is 2. The molecule has 1 aromatic heterocycles. The number of aromatic amines is 1. The lowest BCUT2D eigenvalue weighted by molar-refractivity contribution is 0.836. The molecule has 0 spiro atoms. The molecule has 15 heavy (non-hydrogen) atoms. The molecule has 0 aliphatic rings. The van der Waals surface area contributed by atoms with E-state index in [1.54, 1.807) is 12.1 Å². The lowest BCUT2D eigenvalue weighted by Crippen LogP contribution is -1.93. The Morgan fingerprint density at radius 2 is 2.40 bits per heavy atom. The molecule has 0 aliphatic heterocycles. The molecule has 0 radical (unpaired) electrons. The number of nitrogens with one attached hydrogen (secondary N) is 1. The van der Waals surface area contributed by atoms with E-state index in [2.05, 4.69) is 17.6 Å². The Kier molecular flexibility index (Phi) is 2.40. The molecule has 0 saturated heterocycles. The first kappa shape index (κ1) is 9.69. The Balaban J connectivity index is 2.85. The third-order valence-corrected chi connectivity index (χ3v) is 2.56. The Hall–Kier alpha value is -1.86. The van der Waals surface area contributed by atoms with E-state index in [0.29, 0.717) is 16.9 Å². The smallest absolute Gasteiger partial charge is 0.178 e. The second-order valence-electron chi connectivity index (χ2n) is 3.14. The Morgan fingerprint density at radius 3 is 3.07 bits per heavy atom. The average Bonchev–Trinajstić information content (AvgIpc) is 2.56. The van der Waals surface area contributed by atoms with Gasteiger partial charge in [0, 0.05) is 6.54 Å². The highest BCUT2D eigenvalue weighted by atomic mass is 32.1. The van der Waals surface area contributed by atoms with Gasteiger partial charge in [-0.15, -0.1) is 6.58 Å². The summed E-state index contributed by atoms with van der Waals surface area (Å²) in [6, 6.07) is 7.69. The zero-order valence-electron chi connectivity index (χ0n) is 8.03. The molecular weight excluding hydrogens is 206 g/mol. The van der Waals surface area contributed by atoms with Gasteiger partial charge in [-0.3, -0.25) is 0 Å². The van der Waals surface area contributed by atoms with Crippen molar-refractivity contribution in [2.24, 2.45) is 0 Å². The van der Waals surface area contributed by atoms with Crippen molar-refractivity contribution in [1.82, 2.24) is 9.55 Å². The lowest BCUT2D eigenvalue weighted by atomic mass is 10.2. The maximum absolute atomic E-state index is 8.93. The quantitative estimate of drug-likeness (QED) is 0.618. The summed E-state index contributed by atoms with van der Waals surface area (Å²) in [6.45, 7) is 4.33. The standard InChI is InChI=1S/C11H9N3S/c1-2-6-14-9-5-3-4-8(7-12)10(9)13-11(14)15/h2-5H,1,6H2,(H,13,15). The maximum atomic E-state index is 8.93. The van der Waals surface area contributed by atoms with Gasteiger partial charge in [0.1, 0.15) is 6.07 Å². The van der Waals surface area contributed by atoms with Gasteiger partial charge in [0.25, 0.3) is 0 Å². The number of nitrogens with zero attached hydrogens (tertiary/aromatic N) is 2. The number of para-hydroxylation sites is 1. The molecule has 0 bridgehead atoms. The summed E-state index contributed by atoms with van der Waals surface area (Å²) in [6.07, 6.45) is 1.78. The second-order valence-corrected chi connectivity index (χ2v) is 3.53. The molecule has 1 heterocycles. The van der Waals surface area contributed by atoms with Gasteiger partial charge >= 0.3 is 0 Å². The van der Waals surface area contributed by atoms with Crippen molar-refractivity contribution in [3.63, 3.8) is 0 Å². The number of benzene rings is 1. The van der Waals surface area contributed by atoms with Crippen LogP contribution in [0.3, 0.4) is 0 Å². The molecular formula is C11H9N3S. The summed E-state index contributed by atoms with van der Waals surface area (Å²) in [5.74, 6) is 0. The van der Waals surface area contributed by atoms with Crippen LogP contribution in [-0.4, -0.2) is 9.55 Å². The summed E-state index contributed by atoms with van der Waals surface area (Å²) < 4.78 is 2.53. The minimum absolute atomic E-state index is 0.612. The molecule has 2 aromatic rings. The summed E-state index contributed by atoms with van der Waals surface area (Å²) in [7, 11) is 0. The number of fused-ring (bicyclic) bond motifs is 1. The molecule has 0 saturated carbocycles. The van der Waals surface area contributed by atoms with Gasteiger partial charge < -0.3 is 9.55 Å². The Morgan fingerprint density at radius 1 is 1.60 bits per heavy atom. The topological polar surface area (TPSA) is 44.5 Å². The number of hydrogen-bond donors (Lipinski definition) is 1. The van der Waals surface area contributed by atoms with Gasteiger partial charge in [0.15, 0.2) is 4.77 Å². The fourth-order valence-corrected chi connectivity index (χ4v) is 1.86. The number of imidazole rings is 1. The number of nitriles is 1. The molecule has 0 aliphatic carbocycles. The molecule has 4 heteroatoms. The molecule has 0 fully saturated rings. The molecule has 0 unspecified atom stereocenters. The molecule has 74 valence electrons. The van der Waals surface area contributed by atoms with Crippen LogP contribution in [0.15, 0.2) is 30.9 Å². The van der Waals surface area contributed by atoms with Crippen LogP contribution < -0.4 is 0 Å². The lowest BCUT2D eigenvalue weighted by Gasteiger charge is -1.99. The van der Waals surface area contributed by atoms with Gasteiger partial charge in [0.05, 0.1) is 16.6 Å². The molecule has 3 nitrogen and oxygen atoms in total. The van der Waals surface area contributed by atoms with E-state index in [0.717, 1.165) is 11.0 Å². The van der Waals surface area contributed by atoms with Crippen molar-refractivity contribution in [2.75, 3.05) is 0 Å². The van der Waals surface area contributed by atoms with Crippen molar-refractivity contribution < 1.29 is 0 Å². The zero-order chi connectivity index (χ0) is 10.8. The van der Waals surface area contributed by atoms with E-state index < -0.39 is 0 Å². The Bertz CT molecular complexity index is 613. The van der Waals surface area contributed by atoms with Gasteiger partial charge in [-0.25, -0.2) is 0 Å². The van der Waals surface area contributed by atoms with E-state index >= 15 is 0 Å². The summed E-state index contributed by atoms with van der Waals surface area (Å²) in [4.78, 5) is 3.04. The SMILES string of the molecule is C=CCn1c(=S)[nH]c2c(C#N)cccc21. The monoisotopic (exact) mass is 215 g/mol. The first-order valence-electron chi connectivity index (χ1n) is 4.50. The van der Waals surface area contributed by atoms with Crippen molar-refractivity contribution in [1.29, 1.82) is 5.26 Å². The van der Waals surface area contributed by atoms with Gasteiger partial charge in [-0.05, 0) is 24.4 Å². The predicted molar refractivity (Wildman–Crippen MR) is 62.0 cm³/mol. The van der Waals surface area contributed by atoms with E-state index in [9.17, 15) is 0 Å². The first-order chi connectivity index (χ1) is 7.27. The van der Waals surface area contributed by atoms with Gasteiger partial charge in [-0.2, -0.15) is 5.26 Å². The minimum Gasteiger partial charge on any atom is -0.329 e. The molecule has 0 amide bonds. The van der Waals surface area contributed by atoms with Crippen LogP contribution in [0.1, 0.15) is 5.56 Å². The first-order valence-corrected chi connectivity index (χ1v) is 4.91.